The van der Waals surface area contributed by atoms with E-state index in [1.54, 1.807) is 7.05 Å². The molecule has 1 aliphatic rings. The van der Waals surface area contributed by atoms with E-state index in [1.165, 1.54) is 36.6 Å². The van der Waals surface area contributed by atoms with Gasteiger partial charge in [-0.2, -0.15) is 0 Å². The molecule has 2 rings (SSSR count). The number of aryl methyl sites for hydroxylation is 1. The van der Waals surface area contributed by atoms with Crippen LogP contribution in [0.4, 0.5) is 11.5 Å². The fourth-order valence-electron chi connectivity index (χ4n) is 2.43. The van der Waals surface area contributed by atoms with Gasteiger partial charge in [-0.1, -0.05) is 12.8 Å². The Bertz CT molecular complexity index is 424. The Morgan fingerprint density at radius 3 is 2.68 bits per heavy atom. The normalized spacial score (nSPS) is 17.1. The van der Waals surface area contributed by atoms with Gasteiger partial charge >= 0.3 is 5.69 Å². The number of anilines is 1. The van der Waals surface area contributed by atoms with Crippen LogP contribution in [-0.2, 0) is 7.05 Å². The van der Waals surface area contributed by atoms with E-state index in [-0.39, 0.29) is 5.69 Å². The second-order valence-electron chi connectivity index (χ2n) is 4.98. The molecule has 0 saturated carbocycles. The van der Waals surface area contributed by atoms with E-state index in [0.29, 0.717) is 12.4 Å². The average molecular weight is 267 g/mol. The molecule has 0 radical (unpaired) electrons. The van der Waals surface area contributed by atoms with Crippen molar-refractivity contribution >= 4 is 11.5 Å². The van der Waals surface area contributed by atoms with Crippen LogP contribution in [0, 0.1) is 10.1 Å². The van der Waals surface area contributed by atoms with Crippen molar-refractivity contribution in [3.05, 3.63) is 16.3 Å². The van der Waals surface area contributed by atoms with E-state index in [1.807, 2.05) is 0 Å². The fraction of sp³-hybridized carbons (Fsp3) is 0.750. The van der Waals surface area contributed by atoms with Crippen molar-refractivity contribution in [1.29, 1.82) is 0 Å². The van der Waals surface area contributed by atoms with Gasteiger partial charge in [0, 0.05) is 20.1 Å². The maximum Gasteiger partial charge on any atom is 0.330 e. The van der Waals surface area contributed by atoms with Gasteiger partial charge in [0.15, 0.2) is 0 Å². The first kappa shape index (κ1) is 13.8. The summed E-state index contributed by atoms with van der Waals surface area (Å²) >= 11 is 0. The summed E-state index contributed by atoms with van der Waals surface area (Å²) in [5, 5.41) is 18.0. The summed E-state index contributed by atoms with van der Waals surface area (Å²) in [5.41, 5.74) is 0.0402. The smallest absolute Gasteiger partial charge is 0.330 e. The van der Waals surface area contributed by atoms with Crippen LogP contribution in [-0.4, -0.2) is 45.8 Å². The summed E-state index contributed by atoms with van der Waals surface area (Å²) in [6, 6.07) is 0. The fourth-order valence-corrected chi connectivity index (χ4v) is 2.43. The average Bonchev–Trinajstić information content (AvgIpc) is 2.59. The second-order valence-corrected chi connectivity index (χ2v) is 4.98. The van der Waals surface area contributed by atoms with Gasteiger partial charge in [-0.05, 0) is 25.9 Å². The van der Waals surface area contributed by atoms with Crippen LogP contribution >= 0.6 is 0 Å². The molecular formula is C12H21N5O2. The van der Waals surface area contributed by atoms with Crippen molar-refractivity contribution in [3.8, 4) is 0 Å². The molecule has 0 aliphatic carbocycles. The molecule has 0 atom stereocenters. The van der Waals surface area contributed by atoms with E-state index >= 15 is 0 Å². The number of rotatable bonds is 5. The number of hydrogen-bond donors (Lipinski definition) is 1. The summed E-state index contributed by atoms with van der Waals surface area (Å²) in [7, 11) is 1.69. The number of nitro groups is 1. The molecule has 1 fully saturated rings. The monoisotopic (exact) mass is 267 g/mol. The van der Waals surface area contributed by atoms with E-state index in [2.05, 4.69) is 15.3 Å². The summed E-state index contributed by atoms with van der Waals surface area (Å²) in [6.45, 7) is 3.86. The van der Waals surface area contributed by atoms with Gasteiger partial charge in [0.05, 0.1) is 4.92 Å². The van der Waals surface area contributed by atoms with Gasteiger partial charge in [0.2, 0.25) is 5.82 Å². The number of aromatic nitrogens is 2. The van der Waals surface area contributed by atoms with Crippen LogP contribution in [0.5, 0.6) is 0 Å². The van der Waals surface area contributed by atoms with Gasteiger partial charge in [0.25, 0.3) is 0 Å². The molecular weight excluding hydrogens is 246 g/mol. The first-order valence-electron chi connectivity index (χ1n) is 6.81. The molecule has 2 heterocycles. The van der Waals surface area contributed by atoms with Crippen LogP contribution in [0.1, 0.15) is 25.7 Å². The largest absolute Gasteiger partial charge is 0.362 e. The highest BCUT2D eigenvalue weighted by Crippen LogP contribution is 2.21. The quantitative estimate of drug-likeness (QED) is 0.648. The summed E-state index contributed by atoms with van der Waals surface area (Å²) in [5.74, 6) is 0.363. The second kappa shape index (κ2) is 6.51. The topological polar surface area (TPSA) is 76.2 Å². The van der Waals surface area contributed by atoms with Crippen LogP contribution in [0.3, 0.4) is 0 Å². The third-order valence-electron chi connectivity index (χ3n) is 3.43. The van der Waals surface area contributed by atoms with E-state index in [9.17, 15) is 10.1 Å². The summed E-state index contributed by atoms with van der Waals surface area (Å²) in [6.07, 6.45) is 6.56. The maximum atomic E-state index is 10.8. The van der Waals surface area contributed by atoms with Crippen molar-refractivity contribution in [2.75, 3.05) is 31.5 Å². The van der Waals surface area contributed by atoms with E-state index < -0.39 is 4.92 Å². The molecule has 0 bridgehead atoms. The van der Waals surface area contributed by atoms with Crippen molar-refractivity contribution < 1.29 is 4.92 Å². The van der Waals surface area contributed by atoms with Gasteiger partial charge in [-0.25, -0.2) is 0 Å². The number of nitrogens with one attached hydrogen (secondary N) is 1. The lowest BCUT2D eigenvalue weighted by Gasteiger charge is -2.19. The summed E-state index contributed by atoms with van der Waals surface area (Å²) in [4.78, 5) is 12.9. The zero-order valence-electron chi connectivity index (χ0n) is 11.3. The highest BCUT2D eigenvalue weighted by Gasteiger charge is 2.18. The van der Waals surface area contributed by atoms with Crippen molar-refractivity contribution in [1.82, 2.24) is 14.7 Å². The van der Waals surface area contributed by atoms with Gasteiger partial charge in [0.1, 0.15) is 6.20 Å². The van der Waals surface area contributed by atoms with E-state index in [4.69, 9.17) is 0 Å². The van der Waals surface area contributed by atoms with Gasteiger partial charge in [-0.3, -0.25) is 14.8 Å². The Morgan fingerprint density at radius 1 is 1.37 bits per heavy atom. The molecule has 106 valence electrons. The third-order valence-corrected chi connectivity index (χ3v) is 3.43. The molecule has 19 heavy (non-hydrogen) atoms. The molecule has 7 heteroatoms. The highest BCUT2D eigenvalue weighted by molar-refractivity contribution is 5.54. The molecule has 0 amide bonds. The van der Waals surface area contributed by atoms with Gasteiger partial charge < -0.3 is 10.2 Å². The molecule has 1 N–H and O–H groups in total. The van der Waals surface area contributed by atoms with Gasteiger partial charge in [-0.15, -0.1) is 5.10 Å². The zero-order valence-corrected chi connectivity index (χ0v) is 11.3. The minimum absolute atomic E-state index is 0.0402. The van der Waals surface area contributed by atoms with Crippen molar-refractivity contribution in [3.63, 3.8) is 0 Å². The highest BCUT2D eigenvalue weighted by atomic mass is 16.6. The van der Waals surface area contributed by atoms with Crippen molar-refractivity contribution in [2.45, 2.75) is 25.7 Å². The van der Waals surface area contributed by atoms with Crippen molar-refractivity contribution in [2.24, 2.45) is 7.05 Å². The molecule has 0 aromatic carbocycles. The SMILES string of the molecule is Cn1cc([N+](=O)[O-])c(NCCN2CCCCCC2)n1. The Kier molecular flexibility index (Phi) is 4.73. The number of nitrogens with zero attached hydrogens (tertiary/aromatic N) is 4. The Labute approximate surface area is 112 Å². The minimum atomic E-state index is -0.402. The minimum Gasteiger partial charge on any atom is -0.362 e. The Hall–Kier alpha value is -1.63. The van der Waals surface area contributed by atoms with Crippen LogP contribution in [0.15, 0.2) is 6.20 Å². The standard InChI is InChI=1S/C12H21N5O2/c1-15-10-11(17(18)19)12(14-15)13-6-9-16-7-4-2-3-5-8-16/h10H,2-9H2,1H3,(H,13,14). The first-order chi connectivity index (χ1) is 9.16. The van der Waals surface area contributed by atoms with Crippen LogP contribution in [0.25, 0.3) is 0 Å². The number of likely N-dealkylation sites (tertiary alicyclic amines) is 1. The molecule has 0 unspecified atom stereocenters. The first-order valence-corrected chi connectivity index (χ1v) is 6.81. The number of hydrogen-bond acceptors (Lipinski definition) is 5. The third kappa shape index (κ3) is 3.92. The summed E-state index contributed by atoms with van der Waals surface area (Å²) < 4.78 is 1.46. The Balaban J connectivity index is 1.83. The molecule has 1 saturated heterocycles. The van der Waals surface area contributed by atoms with Crippen LogP contribution < -0.4 is 5.32 Å². The zero-order chi connectivity index (χ0) is 13.7. The lowest BCUT2D eigenvalue weighted by molar-refractivity contribution is -0.384. The molecule has 0 spiro atoms. The lowest BCUT2D eigenvalue weighted by atomic mass is 10.2. The molecule has 1 aromatic rings. The molecule has 1 aliphatic heterocycles. The van der Waals surface area contributed by atoms with Crippen LogP contribution in [0.2, 0.25) is 0 Å². The maximum absolute atomic E-state index is 10.8. The molecule has 7 nitrogen and oxygen atoms in total. The predicted molar refractivity (Wildman–Crippen MR) is 73.3 cm³/mol. The predicted octanol–water partition coefficient (Wildman–Crippen LogP) is 1.62. The Morgan fingerprint density at radius 2 is 2.05 bits per heavy atom. The van der Waals surface area contributed by atoms with E-state index in [0.717, 1.165) is 19.6 Å². The lowest BCUT2D eigenvalue weighted by Crippen LogP contribution is -2.30. The molecule has 1 aromatic heterocycles.